The summed E-state index contributed by atoms with van der Waals surface area (Å²) in [5.41, 5.74) is 2.68. The number of hydrogen-bond acceptors (Lipinski definition) is 7. The van der Waals surface area contributed by atoms with Crippen molar-refractivity contribution in [2.75, 3.05) is 57.3 Å². The zero-order valence-electron chi connectivity index (χ0n) is 30.5. The van der Waals surface area contributed by atoms with Crippen LogP contribution in [-0.4, -0.2) is 100 Å². The molecule has 7 atom stereocenters. The average Bonchev–Trinajstić information content (AvgIpc) is 3.22. The zero-order valence-corrected chi connectivity index (χ0v) is 32.1. The molecule has 11 heteroatoms. The largest absolute Gasteiger partial charge is 0.490 e. The first-order valence-electron chi connectivity index (χ1n) is 19.0. The second-order valence-electron chi connectivity index (χ2n) is 16.3. The average molecular weight is 739 g/mol. The molecule has 2 aliphatic carbocycles. The highest BCUT2D eigenvalue weighted by Crippen LogP contribution is 2.49. The van der Waals surface area contributed by atoms with Crippen molar-refractivity contribution in [2.45, 2.75) is 88.4 Å². The number of amides is 2. The molecule has 3 heterocycles. The number of aliphatic hydroxyl groups is 1. The lowest BCUT2D eigenvalue weighted by atomic mass is 9.62. The van der Waals surface area contributed by atoms with Crippen LogP contribution in [0.25, 0.3) is 0 Å². The van der Waals surface area contributed by atoms with Gasteiger partial charge in [0.1, 0.15) is 5.75 Å². The standard InChI is InChI=1S/C40H55ClN4O5S/c1-27-7-5-16-40(48,25-43-17-19-44(20-18-43)29(3)46)35-12-9-32(35)23-45-24-39(15-6-8-30-21-33(41)11-13-34(30)39)26-50-37-14-10-31(22-36(37)45)38(47)42-51(4,49)28(27)2/h10-11,13-14,21-22,27-28,32,35,48H,4-9,12,15-20,23-26H2,1-3H3,(H,42,47,49)/t27-,28+,32-,35+,39-,40-,51?/m0/s1. The van der Waals surface area contributed by atoms with Gasteiger partial charge in [0.05, 0.1) is 27.6 Å². The molecule has 0 aromatic heterocycles. The topological polar surface area (TPSA) is 102 Å². The number of nitrogens with zero attached hydrogens (tertiary/aromatic N) is 3. The molecule has 2 N–H and O–H groups in total. The third kappa shape index (κ3) is 7.27. The minimum Gasteiger partial charge on any atom is -0.490 e. The maximum atomic E-state index is 14.0. The molecule has 1 spiro atoms. The van der Waals surface area contributed by atoms with Gasteiger partial charge in [-0.05, 0) is 117 Å². The minimum atomic E-state index is -2.97. The van der Waals surface area contributed by atoms with Crippen molar-refractivity contribution < 1.29 is 23.6 Å². The molecule has 2 bridgehead atoms. The highest BCUT2D eigenvalue weighted by atomic mass is 35.5. The van der Waals surface area contributed by atoms with E-state index in [0.717, 1.165) is 87.6 Å². The lowest BCUT2D eigenvalue weighted by Gasteiger charge is -2.52. The smallest absolute Gasteiger partial charge is 0.262 e. The first-order valence-corrected chi connectivity index (χ1v) is 21.1. The Kier molecular flexibility index (Phi) is 10.2. The number of carbonyl (C=O) groups is 2. The number of nitrogens with one attached hydrogen (secondary N) is 1. The summed E-state index contributed by atoms with van der Waals surface area (Å²) in [4.78, 5) is 32.5. The van der Waals surface area contributed by atoms with Crippen LogP contribution >= 0.6 is 11.6 Å². The molecule has 2 aromatic rings. The zero-order chi connectivity index (χ0) is 36.1. The van der Waals surface area contributed by atoms with Crippen molar-refractivity contribution in [1.29, 1.82) is 0 Å². The van der Waals surface area contributed by atoms with Crippen LogP contribution in [0.3, 0.4) is 0 Å². The summed E-state index contributed by atoms with van der Waals surface area (Å²) in [5, 5.41) is 13.2. The molecule has 7 rings (SSSR count). The third-order valence-corrected chi connectivity index (χ3v) is 15.5. The number of carbonyl (C=O) groups excluding carboxylic acids is 2. The number of ether oxygens (including phenoxy) is 1. The van der Waals surface area contributed by atoms with Gasteiger partial charge in [0, 0.05) is 74.0 Å². The van der Waals surface area contributed by atoms with Gasteiger partial charge in [-0.1, -0.05) is 31.0 Å². The van der Waals surface area contributed by atoms with Crippen molar-refractivity contribution >= 4 is 44.7 Å². The number of aryl methyl sites for hydroxylation is 1. The van der Waals surface area contributed by atoms with Crippen LogP contribution in [0.1, 0.15) is 87.2 Å². The molecule has 3 aliphatic heterocycles. The maximum absolute atomic E-state index is 14.0. The van der Waals surface area contributed by atoms with Crippen molar-refractivity contribution in [3.05, 3.63) is 58.1 Å². The Balaban J connectivity index is 1.26. The Bertz CT molecular complexity index is 1760. The highest BCUT2D eigenvalue weighted by Gasteiger charge is 2.49. The minimum absolute atomic E-state index is 0.0316. The first-order chi connectivity index (χ1) is 24.3. The van der Waals surface area contributed by atoms with Gasteiger partial charge >= 0.3 is 0 Å². The van der Waals surface area contributed by atoms with Crippen molar-refractivity contribution in [3.63, 3.8) is 0 Å². The Morgan fingerprint density at radius 2 is 1.86 bits per heavy atom. The number of piperazine rings is 1. The molecule has 1 unspecified atom stereocenters. The first kappa shape index (κ1) is 36.6. The van der Waals surface area contributed by atoms with Crippen LogP contribution < -0.4 is 14.4 Å². The van der Waals surface area contributed by atoms with Crippen LogP contribution in [0.5, 0.6) is 5.75 Å². The van der Waals surface area contributed by atoms with Crippen molar-refractivity contribution in [1.82, 2.24) is 14.5 Å². The Hall–Kier alpha value is -2.79. The van der Waals surface area contributed by atoms with E-state index in [1.807, 2.05) is 30.0 Å². The maximum Gasteiger partial charge on any atom is 0.262 e. The predicted octanol–water partition coefficient (Wildman–Crippen LogP) is 5.30. The molecule has 2 amide bonds. The number of β-amino-alcohol motifs (C(OH)–C–C–N with tert-alkyl or cyclic N) is 1. The van der Waals surface area contributed by atoms with Crippen LogP contribution in [0.15, 0.2) is 36.4 Å². The number of halogens is 1. The van der Waals surface area contributed by atoms with Gasteiger partial charge in [-0.15, -0.1) is 0 Å². The molecule has 9 nitrogen and oxygen atoms in total. The molecule has 2 aromatic carbocycles. The quantitative estimate of drug-likeness (QED) is 0.404. The number of rotatable bonds is 2. The Labute approximate surface area is 309 Å². The van der Waals surface area contributed by atoms with Gasteiger partial charge in [-0.3, -0.25) is 19.2 Å². The molecule has 5 aliphatic rings. The molecule has 1 saturated heterocycles. The number of hydrogen-bond donors (Lipinski definition) is 2. The van der Waals surface area contributed by atoms with Gasteiger partial charge in [0.25, 0.3) is 5.91 Å². The van der Waals surface area contributed by atoms with E-state index >= 15 is 0 Å². The summed E-state index contributed by atoms with van der Waals surface area (Å²) in [6.45, 7) is 11.0. The van der Waals surface area contributed by atoms with E-state index in [9.17, 15) is 18.9 Å². The van der Waals surface area contributed by atoms with Crippen LogP contribution in [0.4, 0.5) is 5.69 Å². The summed E-state index contributed by atoms with van der Waals surface area (Å²) in [6.07, 6.45) is 7.17. The van der Waals surface area contributed by atoms with Crippen LogP contribution in [-0.2, 0) is 26.3 Å². The van der Waals surface area contributed by atoms with Gasteiger partial charge in [0.2, 0.25) is 5.91 Å². The molecule has 278 valence electrons. The Morgan fingerprint density at radius 1 is 1.08 bits per heavy atom. The van der Waals surface area contributed by atoms with Crippen molar-refractivity contribution in [2.24, 2.45) is 17.8 Å². The fourth-order valence-electron chi connectivity index (χ4n) is 9.67. The van der Waals surface area contributed by atoms with Gasteiger partial charge in [-0.2, -0.15) is 0 Å². The number of benzene rings is 2. The normalized spacial score (nSPS) is 34.7. The molecule has 2 fully saturated rings. The SMILES string of the molecule is C=S1(=O)NC(=O)c2ccc3c(c2)N(C[C@@H]2CC[C@H]2[C@@](O)(CN2CCN(C(C)=O)CC2)CCC[C@H](C)[C@H]1C)C[C@@]1(CCCc2cc(Cl)ccc21)CO3. The summed E-state index contributed by atoms with van der Waals surface area (Å²) in [5.74, 6) is 4.88. The lowest BCUT2D eigenvalue weighted by molar-refractivity contribution is -0.133. The van der Waals surface area contributed by atoms with E-state index < -0.39 is 15.3 Å². The summed E-state index contributed by atoms with van der Waals surface area (Å²) in [6, 6.07) is 11.8. The van der Waals surface area contributed by atoms with E-state index in [1.165, 1.54) is 11.1 Å². The number of anilines is 1. The van der Waals surface area contributed by atoms with E-state index in [1.54, 1.807) is 13.0 Å². The third-order valence-electron chi connectivity index (χ3n) is 13.1. The highest BCUT2D eigenvalue weighted by molar-refractivity contribution is 7.99. The number of fused-ring (bicyclic) bond motifs is 4. The van der Waals surface area contributed by atoms with E-state index in [2.05, 4.69) is 39.4 Å². The van der Waals surface area contributed by atoms with E-state index in [-0.39, 0.29) is 40.2 Å². The fourth-order valence-corrected chi connectivity index (χ4v) is 11.4. The Morgan fingerprint density at radius 3 is 2.59 bits per heavy atom. The molecule has 51 heavy (non-hydrogen) atoms. The van der Waals surface area contributed by atoms with E-state index in [0.29, 0.717) is 38.2 Å². The summed E-state index contributed by atoms with van der Waals surface area (Å²) >= 11 is 6.48. The van der Waals surface area contributed by atoms with Gasteiger partial charge in [0.15, 0.2) is 0 Å². The van der Waals surface area contributed by atoms with Gasteiger partial charge < -0.3 is 19.6 Å². The van der Waals surface area contributed by atoms with Crippen LogP contribution in [0.2, 0.25) is 5.02 Å². The monoisotopic (exact) mass is 738 g/mol. The van der Waals surface area contributed by atoms with E-state index in [4.69, 9.17) is 16.3 Å². The molecule has 0 radical (unpaired) electrons. The summed E-state index contributed by atoms with van der Waals surface area (Å²) < 4.78 is 23.5. The predicted molar refractivity (Wildman–Crippen MR) is 205 cm³/mol. The molecule has 1 saturated carbocycles. The fraction of sp³-hybridized carbons (Fsp3) is 0.625. The second kappa shape index (κ2) is 14.2. The molecular formula is C40H55ClN4O5S. The molecular weight excluding hydrogens is 684 g/mol. The van der Waals surface area contributed by atoms with Crippen LogP contribution in [0, 0.1) is 17.8 Å². The lowest BCUT2D eigenvalue weighted by Crippen LogP contribution is -2.59. The second-order valence-corrected chi connectivity index (χ2v) is 19.2. The van der Waals surface area contributed by atoms with Gasteiger partial charge in [-0.25, -0.2) is 4.21 Å². The summed E-state index contributed by atoms with van der Waals surface area (Å²) in [7, 11) is -2.97. The van der Waals surface area contributed by atoms with Crippen molar-refractivity contribution in [3.8, 4) is 5.75 Å².